The highest BCUT2D eigenvalue weighted by Crippen LogP contribution is 2.34. The number of nitrogens with one attached hydrogen (secondary N) is 2. The van der Waals surface area contributed by atoms with Gasteiger partial charge in [0.25, 0.3) is 11.8 Å². The van der Waals surface area contributed by atoms with E-state index in [0.29, 0.717) is 5.69 Å². The molecule has 3 aromatic rings. The average Bonchev–Trinajstić information content (AvgIpc) is 2.69. The van der Waals surface area contributed by atoms with Crippen LogP contribution in [0.2, 0.25) is 0 Å². The summed E-state index contributed by atoms with van der Waals surface area (Å²) in [5.74, 6) is -1.32. The van der Waals surface area contributed by atoms with Gasteiger partial charge >= 0.3 is 6.18 Å². The van der Waals surface area contributed by atoms with Gasteiger partial charge in [-0.1, -0.05) is 30.3 Å². The monoisotopic (exact) mass is 399 g/mol. The molecular weight excluding hydrogens is 383 g/mol. The molecule has 0 aliphatic rings. The molecule has 0 fully saturated rings. The van der Waals surface area contributed by atoms with Gasteiger partial charge in [-0.05, 0) is 42.8 Å². The van der Waals surface area contributed by atoms with E-state index in [9.17, 15) is 22.8 Å². The first kappa shape index (κ1) is 20.1. The lowest BCUT2D eigenvalue weighted by Gasteiger charge is -2.13. The van der Waals surface area contributed by atoms with Gasteiger partial charge < -0.3 is 10.6 Å². The van der Waals surface area contributed by atoms with E-state index in [1.165, 1.54) is 30.5 Å². The number of hydrogen-bond acceptors (Lipinski definition) is 3. The molecule has 0 unspecified atom stereocenters. The van der Waals surface area contributed by atoms with Crippen LogP contribution in [-0.4, -0.2) is 16.8 Å². The molecule has 0 saturated carbocycles. The number of nitrogens with zero attached hydrogens (tertiary/aromatic N) is 1. The Bertz CT molecular complexity index is 1060. The summed E-state index contributed by atoms with van der Waals surface area (Å²) in [6.45, 7) is 1.82. The fourth-order valence-corrected chi connectivity index (χ4v) is 2.63. The molecule has 3 rings (SSSR count). The molecule has 0 aliphatic heterocycles. The lowest BCUT2D eigenvalue weighted by molar-refractivity contribution is -0.136. The molecule has 0 atom stereocenters. The highest BCUT2D eigenvalue weighted by Gasteiger charge is 2.33. The van der Waals surface area contributed by atoms with Crippen molar-refractivity contribution in [2.24, 2.45) is 0 Å². The van der Waals surface area contributed by atoms with Gasteiger partial charge in [0.2, 0.25) is 0 Å². The summed E-state index contributed by atoms with van der Waals surface area (Å²) in [5.41, 5.74) is 0.0799. The van der Waals surface area contributed by atoms with Crippen molar-refractivity contribution in [3.8, 4) is 0 Å². The van der Waals surface area contributed by atoms with Gasteiger partial charge in [-0.25, -0.2) is 0 Å². The quantitative estimate of drug-likeness (QED) is 0.655. The zero-order valence-corrected chi connectivity index (χ0v) is 15.2. The molecule has 2 aromatic carbocycles. The number of halogens is 3. The maximum atomic E-state index is 13.1. The first-order valence-electron chi connectivity index (χ1n) is 8.56. The number of carbonyl (C=O) groups is 2. The molecule has 8 heteroatoms. The van der Waals surface area contributed by atoms with E-state index in [1.54, 1.807) is 12.1 Å². The van der Waals surface area contributed by atoms with E-state index < -0.39 is 23.6 Å². The molecule has 0 radical (unpaired) electrons. The van der Waals surface area contributed by atoms with Crippen LogP contribution in [0, 0.1) is 6.92 Å². The van der Waals surface area contributed by atoms with Crippen LogP contribution in [0.3, 0.4) is 0 Å². The van der Waals surface area contributed by atoms with Gasteiger partial charge in [-0.15, -0.1) is 0 Å². The van der Waals surface area contributed by atoms with Crippen molar-refractivity contribution in [3.63, 3.8) is 0 Å². The van der Waals surface area contributed by atoms with Crippen LogP contribution in [0.15, 0.2) is 66.9 Å². The number of aromatic nitrogens is 1. The minimum Gasteiger partial charge on any atom is -0.321 e. The summed E-state index contributed by atoms with van der Waals surface area (Å²) in [4.78, 5) is 28.8. The molecule has 1 aromatic heterocycles. The second-order valence-electron chi connectivity index (χ2n) is 6.20. The number of benzene rings is 2. The van der Waals surface area contributed by atoms with E-state index >= 15 is 0 Å². The highest BCUT2D eigenvalue weighted by atomic mass is 19.4. The zero-order chi connectivity index (χ0) is 21.0. The Hall–Kier alpha value is -3.68. The van der Waals surface area contributed by atoms with E-state index in [-0.39, 0.29) is 16.9 Å². The number of carbonyl (C=O) groups excluding carboxylic acids is 2. The van der Waals surface area contributed by atoms with E-state index in [2.05, 4.69) is 15.6 Å². The van der Waals surface area contributed by atoms with E-state index in [1.807, 2.05) is 19.1 Å². The number of alkyl halides is 3. The van der Waals surface area contributed by atoms with Crippen molar-refractivity contribution in [1.82, 2.24) is 4.98 Å². The Labute approximate surface area is 164 Å². The topological polar surface area (TPSA) is 71.1 Å². The van der Waals surface area contributed by atoms with E-state index in [4.69, 9.17) is 0 Å². The molecular formula is C21H16F3N3O2. The molecule has 2 amide bonds. The van der Waals surface area contributed by atoms with Crippen LogP contribution in [-0.2, 0) is 6.18 Å². The van der Waals surface area contributed by atoms with Gasteiger partial charge in [-0.2, -0.15) is 13.2 Å². The first-order valence-corrected chi connectivity index (χ1v) is 8.56. The van der Waals surface area contributed by atoms with Crippen LogP contribution < -0.4 is 10.6 Å². The van der Waals surface area contributed by atoms with Crippen molar-refractivity contribution in [3.05, 3.63) is 89.2 Å². The van der Waals surface area contributed by atoms with Gasteiger partial charge in [0.05, 0.1) is 11.3 Å². The zero-order valence-electron chi connectivity index (χ0n) is 15.2. The van der Waals surface area contributed by atoms with Crippen LogP contribution in [0.5, 0.6) is 0 Å². The Morgan fingerprint density at radius 1 is 0.862 bits per heavy atom. The predicted molar refractivity (Wildman–Crippen MR) is 103 cm³/mol. The Balaban J connectivity index is 1.80. The van der Waals surface area contributed by atoms with Gasteiger partial charge in [0.1, 0.15) is 5.69 Å². The van der Waals surface area contributed by atoms with Crippen molar-refractivity contribution < 1.29 is 22.8 Å². The van der Waals surface area contributed by atoms with Gasteiger partial charge in [-0.3, -0.25) is 14.6 Å². The van der Waals surface area contributed by atoms with Crippen molar-refractivity contribution >= 4 is 23.2 Å². The Morgan fingerprint density at radius 2 is 1.48 bits per heavy atom. The largest absolute Gasteiger partial charge is 0.418 e. The number of anilines is 2. The average molecular weight is 399 g/mol. The minimum atomic E-state index is -4.61. The van der Waals surface area contributed by atoms with Crippen LogP contribution in [0.4, 0.5) is 24.5 Å². The molecule has 148 valence electrons. The predicted octanol–water partition coefficient (Wildman–Crippen LogP) is 4.91. The number of rotatable bonds is 4. The van der Waals surface area contributed by atoms with Gasteiger partial charge in [0, 0.05) is 17.4 Å². The highest BCUT2D eigenvalue weighted by molar-refractivity contribution is 6.08. The second-order valence-corrected chi connectivity index (χ2v) is 6.20. The fraction of sp³-hybridized carbons (Fsp3) is 0.0952. The molecule has 5 nitrogen and oxygen atoms in total. The van der Waals surface area contributed by atoms with Crippen LogP contribution in [0.1, 0.15) is 32.0 Å². The third-order valence-corrected chi connectivity index (χ3v) is 4.13. The normalized spacial score (nSPS) is 11.0. The van der Waals surface area contributed by atoms with Crippen LogP contribution >= 0.6 is 0 Å². The summed E-state index contributed by atoms with van der Waals surface area (Å²) < 4.78 is 39.3. The number of hydrogen-bond donors (Lipinski definition) is 2. The molecule has 29 heavy (non-hydrogen) atoms. The first-order chi connectivity index (χ1) is 13.8. The summed E-state index contributed by atoms with van der Waals surface area (Å²) in [6, 6.07) is 14.3. The summed E-state index contributed by atoms with van der Waals surface area (Å²) >= 11 is 0. The summed E-state index contributed by atoms with van der Waals surface area (Å²) in [5, 5.41) is 4.93. The third kappa shape index (κ3) is 4.78. The Morgan fingerprint density at radius 3 is 2.17 bits per heavy atom. The summed E-state index contributed by atoms with van der Waals surface area (Å²) in [6.07, 6.45) is -3.36. The van der Waals surface area contributed by atoms with Crippen molar-refractivity contribution in [2.45, 2.75) is 13.1 Å². The van der Waals surface area contributed by atoms with Crippen molar-refractivity contribution in [1.29, 1.82) is 0 Å². The second kappa shape index (κ2) is 8.14. The molecule has 1 heterocycles. The lowest BCUT2D eigenvalue weighted by atomic mass is 10.1. The number of pyridine rings is 1. The minimum absolute atomic E-state index is 0.00640. The molecule has 2 N–H and O–H groups in total. The molecule has 0 saturated heterocycles. The van der Waals surface area contributed by atoms with Gasteiger partial charge in [0.15, 0.2) is 0 Å². The van der Waals surface area contributed by atoms with Crippen molar-refractivity contribution in [2.75, 3.05) is 10.6 Å². The molecule has 0 bridgehead atoms. The van der Waals surface area contributed by atoms with Crippen LogP contribution in [0.25, 0.3) is 0 Å². The standard InChI is InChI=1S/C21H16F3N3O2/c1-13-6-2-4-8-16(13)26-20(29)18-12-14(10-11-25-18)19(28)27-17-9-5-3-7-15(17)21(22,23)24/h2-12H,1H3,(H,26,29)(H,27,28). The number of amides is 2. The lowest BCUT2D eigenvalue weighted by Crippen LogP contribution is -2.19. The summed E-state index contributed by atoms with van der Waals surface area (Å²) in [7, 11) is 0. The Kier molecular flexibility index (Phi) is 5.63. The molecule has 0 aliphatic carbocycles. The SMILES string of the molecule is Cc1ccccc1NC(=O)c1cc(C(=O)Nc2ccccc2C(F)(F)F)ccn1. The smallest absolute Gasteiger partial charge is 0.321 e. The maximum Gasteiger partial charge on any atom is 0.418 e. The fourth-order valence-electron chi connectivity index (χ4n) is 2.63. The molecule has 0 spiro atoms. The number of para-hydroxylation sites is 2. The van der Waals surface area contributed by atoms with E-state index in [0.717, 1.165) is 17.7 Å². The number of aryl methyl sites for hydroxylation is 1. The third-order valence-electron chi connectivity index (χ3n) is 4.13. The maximum absolute atomic E-state index is 13.1.